The molecule has 0 aliphatic carbocycles. The van der Waals surface area contributed by atoms with E-state index in [9.17, 15) is 0 Å². The smallest absolute Gasteiger partial charge is 0.149 e. The lowest BCUT2D eigenvalue weighted by atomic mass is 10.1. The molecule has 134 valence electrons. The largest absolute Gasteiger partial charge is 0.363 e. The first-order valence-electron chi connectivity index (χ1n) is 8.88. The molecule has 0 saturated heterocycles. The van der Waals surface area contributed by atoms with Crippen LogP contribution in [0, 0.1) is 6.92 Å². The van der Waals surface area contributed by atoms with E-state index in [0.717, 1.165) is 34.2 Å². The summed E-state index contributed by atoms with van der Waals surface area (Å²) in [6.45, 7) is 2.72. The van der Waals surface area contributed by atoms with Gasteiger partial charge in [0.15, 0.2) is 0 Å². The number of thiazole rings is 1. The third-order valence-corrected chi connectivity index (χ3v) is 5.16. The van der Waals surface area contributed by atoms with E-state index < -0.39 is 0 Å². The molecule has 2 aromatic carbocycles. The van der Waals surface area contributed by atoms with Crippen molar-refractivity contribution in [3.63, 3.8) is 0 Å². The van der Waals surface area contributed by atoms with E-state index in [1.54, 1.807) is 11.3 Å². The van der Waals surface area contributed by atoms with Crippen LogP contribution in [-0.2, 0) is 13.0 Å². The predicted octanol–water partition coefficient (Wildman–Crippen LogP) is 5.11. The Morgan fingerprint density at radius 2 is 1.70 bits per heavy atom. The van der Waals surface area contributed by atoms with Crippen molar-refractivity contribution >= 4 is 17.2 Å². The van der Waals surface area contributed by atoms with Gasteiger partial charge < -0.3 is 5.32 Å². The van der Waals surface area contributed by atoms with Crippen molar-refractivity contribution < 1.29 is 0 Å². The molecule has 0 radical (unpaired) electrons. The molecule has 0 saturated carbocycles. The summed E-state index contributed by atoms with van der Waals surface area (Å²) in [5, 5.41) is 15.1. The minimum atomic E-state index is 0.643. The van der Waals surface area contributed by atoms with Gasteiger partial charge in [0, 0.05) is 17.4 Å². The van der Waals surface area contributed by atoms with Gasteiger partial charge in [0.2, 0.25) is 0 Å². The number of aromatic nitrogens is 3. The number of benzene rings is 2. The topological polar surface area (TPSA) is 50.7 Å². The SMILES string of the molecule is Cc1ccc(-c2ccc(NCc3csc(Cc4ccccc4)n3)nn2)cc1. The van der Waals surface area contributed by atoms with E-state index in [1.807, 2.05) is 18.2 Å². The second-order valence-corrected chi connectivity index (χ2v) is 7.36. The monoisotopic (exact) mass is 372 g/mol. The van der Waals surface area contributed by atoms with Gasteiger partial charge >= 0.3 is 0 Å². The third kappa shape index (κ3) is 4.57. The van der Waals surface area contributed by atoms with E-state index in [4.69, 9.17) is 4.98 Å². The summed E-state index contributed by atoms with van der Waals surface area (Å²) in [6, 6.07) is 22.7. The van der Waals surface area contributed by atoms with Crippen LogP contribution in [0.3, 0.4) is 0 Å². The first-order valence-corrected chi connectivity index (χ1v) is 9.76. The minimum absolute atomic E-state index is 0.643. The van der Waals surface area contributed by atoms with Gasteiger partial charge in [-0.2, -0.15) is 0 Å². The van der Waals surface area contributed by atoms with Crippen LogP contribution in [0.25, 0.3) is 11.3 Å². The van der Waals surface area contributed by atoms with E-state index in [-0.39, 0.29) is 0 Å². The molecule has 0 spiro atoms. The van der Waals surface area contributed by atoms with Gasteiger partial charge in [-0.05, 0) is 24.6 Å². The molecule has 0 fully saturated rings. The molecule has 4 aromatic rings. The van der Waals surface area contributed by atoms with Crippen LogP contribution < -0.4 is 5.32 Å². The molecule has 4 rings (SSSR count). The van der Waals surface area contributed by atoms with Crippen molar-refractivity contribution in [3.05, 3.63) is 93.9 Å². The number of rotatable bonds is 6. The Bertz CT molecular complexity index is 993. The van der Waals surface area contributed by atoms with Gasteiger partial charge in [-0.25, -0.2) is 4.98 Å². The average molecular weight is 372 g/mol. The van der Waals surface area contributed by atoms with Gasteiger partial charge in [0.25, 0.3) is 0 Å². The molecule has 0 unspecified atom stereocenters. The number of nitrogens with zero attached hydrogens (tertiary/aromatic N) is 3. The Morgan fingerprint density at radius 1 is 0.889 bits per heavy atom. The fourth-order valence-corrected chi connectivity index (χ4v) is 3.60. The van der Waals surface area contributed by atoms with Crippen molar-refractivity contribution in [2.45, 2.75) is 19.9 Å². The lowest BCUT2D eigenvalue weighted by Gasteiger charge is -2.05. The fourth-order valence-electron chi connectivity index (χ4n) is 2.77. The zero-order chi connectivity index (χ0) is 18.5. The molecule has 2 heterocycles. The number of aryl methyl sites for hydroxylation is 1. The van der Waals surface area contributed by atoms with Gasteiger partial charge in [-0.15, -0.1) is 21.5 Å². The van der Waals surface area contributed by atoms with E-state index in [1.165, 1.54) is 11.1 Å². The van der Waals surface area contributed by atoms with Crippen molar-refractivity contribution in [2.75, 3.05) is 5.32 Å². The minimum Gasteiger partial charge on any atom is -0.363 e. The molecule has 0 aliphatic heterocycles. The molecular formula is C22H20N4S. The Kier molecular flexibility index (Phi) is 5.21. The summed E-state index contributed by atoms with van der Waals surface area (Å²) in [7, 11) is 0. The summed E-state index contributed by atoms with van der Waals surface area (Å²) in [5.74, 6) is 0.753. The maximum Gasteiger partial charge on any atom is 0.149 e. The van der Waals surface area contributed by atoms with Gasteiger partial charge in [-0.1, -0.05) is 60.2 Å². The maximum atomic E-state index is 4.70. The van der Waals surface area contributed by atoms with Crippen LogP contribution >= 0.6 is 11.3 Å². The second kappa shape index (κ2) is 8.10. The van der Waals surface area contributed by atoms with Crippen LogP contribution in [0.4, 0.5) is 5.82 Å². The summed E-state index contributed by atoms with van der Waals surface area (Å²) in [5.41, 5.74) is 5.49. The first kappa shape index (κ1) is 17.4. The van der Waals surface area contributed by atoms with E-state index >= 15 is 0 Å². The highest BCUT2D eigenvalue weighted by molar-refractivity contribution is 7.09. The second-order valence-electron chi connectivity index (χ2n) is 6.42. The molecule has 0 aliphatic rings. The Labute approximate surface area is 163 Å². The maximum absolute atomic E-state index is 4.70. The molecule has 0 bridgehead atoms. The number of nitrogens with one attached hydrogen (secondary N) is 1. The zero-order valence-electron chi connectivity index (χ0n) is 15.1. The molecule has 5 heteroatoms. The van der Waals surface area contributed by atoms with Crippen LogP contribution in [-0.4, -0.2) is 15.2 Å². The lowest BCUT2D eigenvalue weighted by Crippen LogP contribution is -2.03. The fraction of sp³-hybridized carbons (Fsp3) is 0.136. The quantitative estimate of drug-likeness (QED) is 0.511. The normalized spacial score (nSPS) is 10.7. The summed E-state index contributed by atoms with van der Waals surface area (Å²) in [4.78, 5) is 4.70. The molecule has 4 nitrogen and oxygen atoms in total. The molecule has 2 aromatic heterocycles. The lowest BCUT2D eigenvalue weighted by molar-refractivity contribution is 0.977. The summed E-state index contributed by atoms with van der Waals surface area (Å²) < 4.78 is 0. The highest BCUT2D eigenvalue weighted by atomic mass is 32.1. The van der Waals surface area contributed by atoms with Crippen LogP contribution in [0.5, 0.6) is 0 Å². The van der Waals surface area contributed by atoms with Crippen LogP contribution in [0.2, 0.25) is 0 Å². The average Bonchev–Trinajstić information content (AvgIpc) is 3.16. The Balaban J connectivity index is 1.35. The van der Waals surface area contributed by atoms with Crippen LogP contribution in [0.15, 0.2) is 72.1 Å². The standard InChI is InChI=1S/C22H20N4S/c1-16-7-9-18(10-8-16)20-11-12-21(26-25-20)23-14-19-15-27-22(24-19)13-17-5-3-2-4-6-17/h2-12,15H,13-14H2,1H3,(H,23,26). The van der Waals surface area contributed by atoms with E-state index in [0.29, 0.717) is 6.54 Å². The van der Waals surface area contributed by atoms with Crippen molar-refractivity contribution in [2.24, 2.45) is 0 Å². The first-order chi connectivity index (χ1) is 13.3. The summed E-state index contributed by atoms with van der Waals surface area (Å²) in [6.07, 6.45) is 0.872. The van der Waals surface area contributed by atoms with Crippen molar-refractivity contribution in [3.8, 4) is 11.3 Å². The predicted molar refractivity (Wildman–Crippen MR) is 111 cm³/mol. The zero-order valence-corrected chi connectivity index (χ0v) is 15.9. The van der Waals surface area contributed by atoms with Crippen LogP contribution in [0.1, 0.15) is 21.8 Å². The van der Waals surface area contributed by atoms with Gasteiger partial charge in [0.05, 0.1) is 22.9 Å². The molecule has 0 amide bonds. The number of hydrogen-bond donors (Lipinski definition) is 1. The Morgan fingerprint density at radius 3 is 2.44 bits per heavy atom. The molecular weight excluding hydrogens is 352 g/mol. The Hall–Kier alpha value is -3.05. The number of hydrogen-bond acceptors (Lipinski definition) is 5. The third-order valence-electron chi connectivity index (χ3n) is 4.26. The highest BCUT2D eigenvalue weighted by Crippen LogP contribution is 2.19. The van der Waals surface area contributed by atoms with Crippen molar-refractivity contribution in [1.82, 2.24) is 15.2 Å². The number of anilines is 1. The van der Waals surface area contributed by atoms with Crippen molar-refractivity contribution in [1.29, 1.82) is 0 Å². The highest BCUT2D eigenvalue weighted by Gasteiger charge is 2.05. The van der Waals surface area contributed by atoms with Gasteiger partial charge in [-0.3, -0.25) is 0 Å². The molecule has 0 atom stereocenters. The van der Waals surface area contributed by atoms with Gasteiger partial charge in [0.1, 0.15) is 5.82 Å². The summed E-state index contributed by atoms with van der Waals surface area (Å²) >= 11 is 1.69. The molecule has 27 heavy (non-hydrogen) atoms. The molecule has 1 N–H and O–H groups in total. The van der Waals surface area contributed by atoms with E-state index in [2.05, 4.69) is 76.3 Å².